The fourth-order valence-corrected chi connectivity index (χ4v) is 5.07. The highest BCUT2D eigenvalue weighted by Gasteiger charge is 2.38. The van der Waals surface area contributed by atoms with Crippen LogP contribution < -0.4 is 0 Å². The van der Waals surface area contributed by atoms with Gasteiger partial charge in [0, 0.05) is 44.0 Å². The molecule has 2 saturated heterocycles. The van der Waals surface area contributed by atoms with Gasteiger partial charge in [0.05, 0.1) is 60.8 Å². The van der Waals surface area contributed by atoms with Gasteiger partial charge in [-0.3, -0.25) is 14.4 Å². The summed E-state index contributed by atoms with van der Waals surface area (Å²) in [6, 6.07) is 8.64. The number of aryl methyl sites for hydroxylation is 2. The van der Waals surface area contributed by atoms with E-state index in [4.69, 9.17) is 9.72 Å². The van der Waals surface area contributed by atoms with Gasteiger partial charge < -0.3 is 9.64 Å². The molecule has 35 heavy (non-hydrogen) atoms. The number of carbonyl (C=O) groups is 1. The van der Waals surface area contributed by atoms with Crippen molar-refractivity contribution in [1.29, 1.82) is 0 Å². The number of hydrogen-bond acceptors (Lipinski definition) is 6. The first kappa shape index (κ1) is 21.9. The van der Waals surface area contributed by atoms with Gasteiger partial charge in [0.1, 0.15) is 0 Å². The summed E-state index contributed by atoms with van der Waals surface area (Å²) in [6.45, 7) is 7.84. The van der Waals surface area contributed by atoms with Crippen molar-refractivity contribution >= 4 is 11.4 Å². The summed E-state index contributed by atoms with van der Waals surface area (Å²) in [5.41, 5.74) is 6.91. The van der Waals surface area contributed by atoms with Crippen molar-refractivity contribution in [2.45, 2.75) is 32.5 Å². The van der Waals surface area contributed by atoms with Crippen LogP contribution in [-0.4, -0.2) is 78.5 Å². The Hall–Kier alpha value is -3.56. The van der Waals surface area contributed by atoms with Gasteiger partial charge in [-0.05, 0) is 37.1 Å². The Kier molecular flexibility index (Phi) is 5.38. The van der Waals surface area contributed by atoms with Crippen LogP contribution in [0.2, 0.25) is 0 Å². The molecule has 1 amide bonds. The first-order valence-electron chi connectivity index (χ1n) is 12.0. The van der Waals surface area contributed by atoms with Gasteiger partial charge in [-0.25, -0.2) is 9.50 Å². The van der Waals surface area contributed by atoms with Crippen LogP contribution in [0.3, 0.4) is 0 Å². The maximum absolute atomic E-state index is 13.1. The summed E-state index contributed by atoms with van der Waals surface area (Å²) in [6.07, 6.45) is 7.48. The van der Waals surface area contributed by atoms with Gasteiger partial charge in [0.2, 0.25) is 5.91 Å². The molecular formula is C26H29N7O2. The fourth-order valence-electron chi connectivity index (χ4n) is 5.07. The molecule has 0 aliphatic carbocycles. The van der Waals surface area contributed by atoms with Crippen molar-refractivity contribution < 1.29 is 9.53 Å². The van der Waals surface area contributed by atoms with Gasteiger partial charge in [-0.1, -0.05) is 12.1 Å². The smallest absolute Gasteiger partial charge is 0.239 e. The maximum atomic E-state index is 13.1. The topological polar surface area (TPSA) is 80.8 Å². The van der Waals surface area contributed by atoms with Gasteiger partial charge in [0.25, 0.3) is 0 Å². The number of rotatable bonds is 5. The molecule has 0 radical (unpaired) electrons. The third kappa shape index (κ3) is 3.90. The van der Waals surface area contributed by atoms with E-state index in [2.05, 4.69) is 40.2 Å². The number of piperazine rings is 1. The molecule has 0 spiro atoms. The van der Waals surface area contributed by atoms with Crippen molar-refractivity contribution in [2.24, 2.45) is 7.05 Å². The molecule has 0 N–H and O–H groups in total. The molecule has 3 aromatic heterocycles. The molecule has 0 saturated carbocycles. The number of ether oxygens (including phenoxy) is 1. The fraction of sp³-hybridized carbons (Fsp3) is 0.385. The van der Waals surface area contributed by atoms with Gasteiger partial charge in [-0.15, -0.1) is 0 Å². The van der Waals surface area contributed by atoms with E-state index in [9.17, 15) is 4.79 Å². The molecule has 9 heteroatoms. The predicted molar refractivity (Wildman–Crippen MR) is 132 cm³/mol. The molecule has 9 nitrogen and oxygen atoms in total. The zero-order valence-corrected chi connectivity index (χ0v) is 20.3. The first-order valence-corrected chi connectivity index (χ1v) is 12.0. The second-order valence-electron chi connectivity index (χ2n) is 9.54. The molecule has 1 unspecified atom stereocenters. The van der Waals surface area contributed by atoms with Crippen molar-refractivity contribution in [3.63, 3.8) is 0 Å². The number of hydrogen-bond donors (Lipinski definition) is 0. The molecule has 6 rings (SSSR count). The van der Waals surface area contributed by atoms with Crippen LogP contribution in [0.5, 0.6) is 0 Å². The van der Waals surface area contributed by atoms with E-state index in [-0.39, 0.29) is 11.9 Å². The number of aromatic nitrogens is 5. The second-order valence-corrected chi connectivity index (χ2v) is 9.54. The minimum Gasteiger partial charge on any atom is -0.378 e. The van der Waals surface area contributed by atoms with Crippen LogP contribution >= 0.6 is 0 Å². The zero-order chi connectivity index (χ0) is 24.1. The second kappa shape index (κ2) is 8.58. The van der Waals surface area contributed by atoms with E-state index in [0.29, 0.717) is 12.6 Å². The summed E-state index contributed by atoms with van der Waals surface area (Å²) in [4.78, 5) is 22.3. The molecule has 180 valence electrons. The third-order valence-corrected chi connectivity index (χ3v) is 7.25. The lowest BCUT2D eigenvalue weighted by atomic mass is 10.0. The Morgan fingerprint density at radius 2 is 1.94 bits per heavy atom. The van der Waals surface area contributed by atoms with Crippen LogP contribution in [0.25, 0.3) is 28.0 Å². The van der Waals surface area contributed by atoms with Gasteiger partial charge >= 0.3 is 0 Å². The average molecular weight is 472 g/mol. The zero-order valence-electron chi connectivity index (χ0n) is 20.3. The number of amides is 1. The van der Waals surface area contributed by atoms with Crippen molar-refractivity contribution in [3.8, 4) is 22.5 Å². The summed E-state index contributed by atoms with van der Waals surface area (Å²) in [5.74, 6) is 0.193. The lowest BCUT2D eigenvalue weighted by molar-refractivity contribution is -0.151. The minimum absolute atomic E-state index is 0.105. The van der Waals surface area contributed by atoms with E-state index >= 15 is 0 Å². The largest absolute Gasteiger partial charge is 0.378 e. The van der Waals surface area contributed by atoms with Gasteiger partial charge in [0.15, 0.2) is 0 Å². The Morgan fingerprint density at radius 1 is 1.09 bits per heavy atom. The molecular weight excluding hydrogens is 442 g/mol. The Balaban J connectivity index is 1.27. The molecule has 4 aromatic rings. The highest BCUT2D eigenvalue weighted by Crippen LogP contribution is 2.29. The number of fused-ring (bicyclic) bond motifs is 1. The summed E-state index contributed by atoms with van der Waals surface area (Å²) in [7, 11) is 1.89. The number of carbonyl (C=O) groups excluding carboxylic acids is 1. The number of nitrogens with zero attached hydrogens (tertiary/aromatic N) is 7. The maximum Gasteiger partial charge on any atom is 0.239 e. The number of benzene rings is 1. The molecule has 2 aliphatic heterocycles. The Labute approximate surface area is 203 Å². The Morgan fingerprint density at radius 3 is 2.66 bits per heavy atom. The SMILES string of the molecule is Cc1cc(-c2nc(-c3cnn(C)c3)cn3nccc23)ccc1CN1CCN(C2COC2)C(C)C1=O. The highest BCUT2D eigenvalue weighted by atomic mass is 16.5. The monoisotopic (exact) mass is 471 g/mol. The van der Waals surface area contributed by atoms with Crippen molar-refractivity contribution in [1.82, 2.24) is 34.2 Å². The van der Waals surface area contributed by atoms with Crippen LogP contribution in [0, 0.1) is 6.92 Å². The molecule has 0 bridgehead atoms. The van der Waals surface area contributed by atoms with Crippen molar-refractivity contribution in [3.05, 3.63) is 60.2 Å². The molecule has 2 fully saturated rings. The summed E-state index contributed by atoms with van der Waals surface area (Å²) < 4.78 is 8.96. The Bertz CT molecular complexity index is 1400. The standard InChI is InChI=1S/C26H29N7O2/c1-17-10-19(25-24-6-7-27-33(24)14-23(29-25)21-11-28-30(3)12-21)4-5-20(17)13-31-8-9-32(18(2)26(31)34)22-15-35-16-22/h4-7,10-12,14,18,22H,8-9,13,15-16H2,1-3H3. The van der Waals surface area contributed by atoms with Crippen LogP contribution in [-0.2, 0) is 23.1 Å². The van der Waals surface area contributed by atoms with E-state index < -0.39 is 0 Å². The molecule has 1 atom stereocenters. The van der Waals surface area contributed by atoms with Crippen LogP contribution in [0.1, 0.15) is 18.1 Å². The van der Waals surface area contributed by atoms with E-state index in [1.165, 1.54) is 0 Å². The van der Waals surface area contributed by atoms with Gasteiger partial charge in [-0.2, -0.15) is 10.2 Å². The highest BCUT2D eigenvalue weighted by molar-refractivity contribution is 5.82. The molecule has 2 aliphatic rings. The lowest BCUT2D eigenvalue weighted by Gasteiger charge is -2.46. The summed E-state index contributed by atoms with van der Waals surface area (Å²) >= 11 is 0. The van der Waals surface area contributed by atoms with E-state index in [0.717, 1.165) is 65.5 Å². The molecule has 1 aromatic carbocycles. The normalized spacial score (nSPS) is 19.5. The third-order valence-electron chi connectivity index (χ3n) is 7.25. The minimum atomic E-state index is -0.105. The summed E-state index contributed by atoms with van der Waals surface area (Å²) in [5, 5.41) is 8.74. The quantitative estimate of drug-likeness (QED) is 0.445. The molecule has 5 heterocycles. The van der Waals surface area contributed by atoms with Crippen molar-refractivity contribution in [2.75, 3.05) is 26.3 Å². The average Bonchev–Trinajstić information content (AvgIpc) is 3.47. The predicted octanol–water partition coefficient (Wildman–Crippen LogP) is 2.54. The van der Waals surface area contributed by atoms with Crippen LogP contribution in [0.4, 0.5) is 0 Å². The van der Waals surface area contributed by atoms with Crippen LogP contribution in [0.15, 0.2) is 49.1 Å². The lowest BCUT2D eigenvalue weighted by Crippen LogP contribution is -2.62. The van der Waals surface area contributed by atoms with E-state index in [1.54, 1.807) is 10.9 Å². The van der Waals surface area contributed by atoms with E-state index in [1.807, 2.05) is 48.0 Å². The first-order chi connectivity index (χ1) is 17.0.